The van der Waals surface area contributed by atoms with Crippen LogP contribution in [0.4, 0.5) is 0 Å². The summed E-state index contributed by atoms with van der Waals surface area (Å²) < 4.78 is 20.8. The zero-order chi connectivity index (χ0) is 20.0. The highest BCUT2D eigenvalue weighted by Crippen LogP contribution is 2.35. The van der Waals surface area contributed by atoms with Crippen LogP contribution in [-0.4, -0.2) is 45.9 Å². The van der Waals surface area contributed by atoms with Crippen LogP contribution >= 0.6 is 0 Å². The number of nitrogens with one attached hydrogen (secondary N) is 1. The van der Waals surface area contributed by atoms with Crippen molar-refractivity contribution in [1.82, 2.24) is 5.32 Å². The van der Waals surface area contributed by atoms with Crippen LogP contribution in [0.3, 0.4) is 0 Å². The first kappa shape index (κ1) is 20.9. The van der Waals surface area contributed by atoms with E-state index in [1.807, 2.05) is 0 Å². The van der Waals surface area contributed by atoms with Gasteiger partial charge in [0.1, 0.15) is 11.3 Å². The predicted molar refractivity (Wildman–Crippen MR) is 100 cm³/mol. The van der Waals surface area contributed by atoms with E-state index in [2.05, 4.69) is 19.2 Å². The molecule has 0 heterocycles. The lowest BCUT2D eigenvalue weighted by molar-refractivity contribution is -0.125. The molecule has 1 aromatic carbocycles. The number of hydrogen-bond acceptors (Lipinski definition) is 6. The maximum absolute atomic E-state index is 12.4. The highest BCUT2D eigenvalue weighted by atomic mass is 16.5. The van der Waals surface area contributed by atoms with E-state index in [0.717, 1.165) is 12.8 Å². The number of ether oxygens (including phenoxy) is 4. The van der Waals surface area contributed by atoms with Gasteiger partial charge in [0.2, 0.25) is 0 Å². The van der Waals surface area contributed by atoms with Crippen molar-refractivity contribution in [2.45, 2.75) is 39.2 Å². The van der Waals surface area contributed by atoms with Crippen molar-refractivity contribution < 1.29 is 28.5 Å². The first-order valence-electron chi connectivity index (χ1n) is 9.17. The molecule has 1 saturated carbocycles. The van der Waals surface area contributed by atoms with Crippen molar-refractivity contribution in [3.63, 3.8) is 0 Å². The Morgan fingerprint density at radius 1 is 1.00 bits per heavy atom. The zero-order valence-electron chi connectivity index (χ0n) is 16.7. The lowest BCUT2D eigenvalue weighted by atomic mass is 9.78. The molecular weight excluding hydrogens is 350 g/mol. The monoisotopic (exact) mass is 379 g/mol. The van der Waals surface area contributed by atoms with Crippen LogP contribution in [0.25, 0.3) is 0 Å². The minimum Gasteiger partial charge on any atom is -0.496 e. The van der Waals surface area contributed by atoms with Crippen LogP contribution in [0.2, 0.25) is 0 Å². The van der Waals surface area contributed by atoms with E-state index >= 15 is 0 Å². The molecule has 2 rings (SSSR count). The van der Waals surface area contributed by atoms with E-state index < -0.39 is 5.97 Å². The molecule has 0 unspecified atom stereocenters. The SMILES string of the molecule is COc1cc(OC)c(C(=O)OCC(=O)N[C@H]2CCC[C@H](C)[C@H]2C)cc1OC. The smallest absolute Gasteiger partial charge is 0.342 e. The molecule has 0 bridgehead atoms. The van der Waals surface area contributed by atoms with Crippen LogP contribution in [0.5, 0.6) is 17.2 Å². The number of carbonyl (C=O) groups excluding carboxylic acids is 2. The summed E-state index contributed by atoms with van der Waals surface area (Å²) in [6.07, 6.45) is 3.23. The topological polar surface area (TPSA) is 83.1 Å². The van der Waals surface area contributed by atoms with E-state index in [9.17, 15) is 9.59 Å². The Hall–Kier alpha value is -2.44. The van der Waals surface area contributed by atoms with Crippen LogP contribution in [0.15, 0.2) is 12.1 Å². The Labute approximate surface area is 160 Å². The lowest BCUT2D eigenvalue weighted by Gasteiger charge is -2.34. The van der Waals surface area contributed by atoms with Gasteiger partial charge in [0.15, 0.2) is 18.1 Å². The third-order valence-corrected chi connectivity index (χ3v) is 5.31. The molecule has 1 aliphatic carbocycles. The molecule has 7 heteroatoms. The summed E-state index contributed by atoms with van der Waals surface area (Å²) in [5, 5.41) is 2.98. The van der Waals surface area contributed by atoms with Crippen LogP contribution in [0, 0.1) is 11.8 Å². The molecule has 1 aliphatic rings. The molecule has 0 spiro atoms. The highest BCUT2D eigenvalue weighted by Gasteiger charge is 2.28. The van der Waals surface area contributed by atoms with Gasteiger partial charge in [-0.25, -0.2) is 4.79 Å². The Bertz CT molecular complexity index is 675. The Balaban J connectivity index is 1.99. The van der Waals surface area contributed by atoms with Gasteiger partial charge in [-0.15, -0.1) is 0 Å². The molecule has 1 amide bonds. The van der Waals surface area contributed by atoms with Gasteiger partial charge >= 0.3 is 5.97 Å². The van der Waals surface area contributed by atoms with Crippen molar-refractivity contribution in [1.29, 1.82) is 0 Å². The summed E-state index contributed by atoms with van der Waals surface area (Å²) in [5.74, 6) is 1.12. The molecule has 1 N–H and O–H groups in total. The minimum atomic E-state index is -0.659. The molecular formula is C20H29NO6. The Morgan fingerprint density at radius 3 is 2.26 bits per heavy atom. The number of esters is 1. The highest BCUT2D eigenvalue weighted by molar-refractivity contribution is 5.95. The van der Waals surface area contributed by atoms with Crippen molar-refractivity contribution >= 4 is 11.9 Å². The number of rotatable bonds is 7. The second-order valence-corrected chi connectivity index (χ2v) is 6.92. The van der Waals surface area contributed by atoms with E-state index in [1.54, 1.807) is 6.07 Å². The van der Waals surface area contributed by atoms with Crippen molar-refractivity contribution in [2.75, 3.05) is 27.9 Å². The fraction of sp³-hybridized carbons (Fsp3) is 0.600. The zero-order valence-corrected chi connectivity index (χ0v) is 16.7. The summed E-state index contributed by atoms with van der Waals surface area (Å²) in [4.78, 5) is 24.6. The van der Waals surface area contributed by atoms with Gasteiger partial charge in [0.05, 0.1) is 21.3 Å². The third kappa shape index (κ3) is 5.05. The molecule has 1 fully saturated rings. The van der Waals surface area contributed by atoms with E-state index in [0.29, 0.717) is 23.3 Å². The molecule has 3 atom stereocenters. The normalized spacial score (nSPS) is 21.9. The average molecular weight is 379 g/mol. The molecule has 0 aliphatic heterocycles. The maximum Gasteiger partial charge on any atom is 0.342 e. The third-order valence-electron chi connectivity index (χ3n) is 5.31. The van der Waals surface area contributed by atoms with Gasteiger partial charge in [-0.2, -0.15) is 0 Å². The fourth-order valence-electron chi connectivity index (χ4n) is 3.43. The molecule has 0 aromatic heterocycles. The summed E-state index contributed by atoms with van der Waals surface area (Å²) in [5.41, 5.74) is 0.169. The number of methoxy groups -OCH3 is 3. The Kier molecular flexibility index (Phi) is 7.33. The second kappa shape index (κ2) is 9.48. The molecule has 27 heavy (non-hydrogen) atoms. The van der Waals surface area contributed by atoms with E-state index in [1.165, 1.54) is 33.8 Å². The molecule has 7 nitrogen and oxygen atoms in total. The quantitative estimate of drug-likeness (QED) is 0.734. The van der Waals surface area contributed by atoms with Gasteiger partial charge in [-0.05, 0) is 18.3 Å². The first-order valence-corrected chi connectivity index (χ1v) is 9.17. The molecule has 0 saturated heterocycles. The second-order valence-electron chi connectivity index (χ2n) is 6.92. The van der Waals surface area contributed by atoms with Crippen LogP contribution in [0.1, 0.15) is 43.5 Å². The van der Waals surface area contributed by atoms with Crippen LogP contribution in [-0.2, 0) is 9.53 Å². The summed E-state index contributed by atoms with van der Waals surface area (Å²) in [7, 11) is 4.41. The van der Waals surface area contributed by atoms with Gasteiger partial charge < -0.3 is 24.3 Å². The van der Waals surface area contributed by atoms with Crippen LogP contribution < -0.4 is 19.5 Å². The van der Waals surface area contributed by atoms with Gasteiger partial charge in [0.25, 0.3) is 5.91 Å². The Morgan fingerprint density at radius 2 is 1.63 bits per heavy atom. The summed E-state index contributed by atoms with van der Waals surface area (Å²) in [6, 6.07) is 3.14. The fourth-order valence-corrected chi connectivity index (χ4v) is 3.43. The van der Waals surface area contributed by atoms with Gasteiger partial charge in [-0.3, -0.25) is 4.79 Å². The van der Waals surface area contributed by atoms with E-state index in [4.69, 9.17) is 18.9 Å². The van der Waals surface area contributed by atoms with Crippen molar-refractivity contribution in [2.24, 2.45) is 11.8 Å². The van der Waals surface area contributed by atoms with E-state index in [-0.39, 0.29) is 29.9 Å². The largest absolute Gasteiger partial charge is 0.496 e. The molecule has 1 aromatic rings. The molecule has 0 radical (unpaired) electrons. The maximum atomic E-state index is 12.4. The standard InChI is InChI=1S/C20H29NO6/c1-12-7-6-8-15(13(12)2)21-19(22)11-27-20(23)14-9-17(25-4)18(26-5)10-16(14)24-3/h9-10,12-13,15H,6-8,11H2,1-5H3,(H,21,22)/t12-,13+,15-/m0/s1. The minimum absolute atomic E-state index is 0.121. The lowest BCUT2D eigenvalue weighted by Crippen LogP contribution is -2.45. The number of hydrogen-bond donors (Lipinski definition) is 1. The van der Waals surface area contributed by atoms with Crippen molar-refractivity contribution in [3.05, 3.63) is 17.7 Å². The van der Waals surface area contributed by atoms with Gasteiger partial charge in [-0.1, -0.05) is 26.7 Å². The average Bonchev–Trinajstić information content (AvgIpc) is 2.68. The van der Waals surface area contributed by atoms with Gasteiger partial charge in [0, 0.05) is 18.2 Å². The summed E-state index contributed by atoms with van der Waals surface area (Å²) in [6.45, 7) is 4.01. The van der Waals surface area contributed by atoms with Crippen molar-refractivity contribution in [3.8, 4) is 17.2 Å². The molecule has 150 valence electrons. The predicted octanol–water partition coefficient (Wildman–Crippen LogP) is 2.81. The first-order chi connectivity index (χ1) is 12.9. The summed E-state index contributed by atoms with van der Waals surface area (Å²) >= 11 is 0. The number of benzene rings is 1. The number of carbonyl (C=O) groups is 2. The number of amides is 1.